The number of tetrazole rings is 1. The molecular weight excluding hydrogens is 394 g/mol. The van der Waals surface area contributed by atoms with Gasteiger partial charge in [-0.15, -0.1) is 5.10 Å². The minimum atomic E-state index is -0.128. The Morgan fingerprint density at radius 2 is 2.17 bits per heavy atom. The summed E-state index contributed by atoms with van der Waals surface area (Å²) in [6.45, 7) is 3.09. The number of halogens is 1. The fraction of sp³-hybridized carbons (Fsp3) is 0.350. The van der Waals surface area contributed by atoms with Crippen LogP contribution in [0.2, 0.25) is 5.02 Å². The number of hydrogen-bond acceptors (Lipinski definition) is 6. The molecule has 0 amide bonds. The first-order valence-corrected chi connectivity index (χ1v) is 9.83. The lowest BCUT2D eigenvalue weighted by Gasteiger charge is -2.32. The number of benzene rings is 2. The topological polar surface area (TPSA) is 75.7 Å². The Kier molecular flexibility index (Phi) is 4.33. The number of hydrogen-bond donors (Lipinski definition) is 1. The van der Waals surface area contributed by atoms with E-state index in [1.54, 1.807) is 11.8 Å². The first-order valence-electron chi connectivity index (χ1n) is 9.45. The molecule has 9 heteroatoms. The molecule has 8 nitrogen and oxygen atoms in total. The zero-order chi connectivity index (χ0) is 20.1. The van der Waals surface area contributed by atoms with Crippen molar-refractivity contribution < 1.29 is 19.1 Å². The summed E-state index contributed by atoms with van der Waals surface area (Å²) < 4.78 is 18.9. The molecule has 0 aliphatic carbocycles. The van der Waals surface area contributed by atoms with Crippen LogP contribution < -0.4 is 19.1 Å². The molecule has 0 fully saturated rings. The molecule has 2 atom stereocenters. The molecule has 0 saturated carbocycles. The molecule has 2 aliphatic heterocycles. The number of ether oxygens (including phenoxy) is 3. The van der Waals surface area contributed by atoms with Crippen LogP contribution in [-0.4, -0.2) is 47.7 Å². The second-order valence-corrected chi connectivity index (χ2v) is 7.74. The first kappa shape index (κ1) is 18.2. The van der Waals surface area contributed by atoms with Gasteiger partial charge in [-0.1, -0.05) is 17.7 Å². The summed E-state index contributed by atoms with van der Waals surface area (Å²) in [4.78, 5) is 1.27. The molecule has 1 unspecified atom stereocenters. The van der Waals surface area contributed by atoms with Gasteiger partial charge in [-0.25, -0.2) is 0 Å². The predicted octanol–water partition coefficient (Wildman–Crippen LogP) is 1.52. The third kappa shape index (κ3) is 2.74. The van der Waals surface area contributed by atoms with Crippen molar-refractivity contribution in [3.8, 4) is 22.9 Å². The average Bonchev–Trinajstić information content (AvgIpc) is 3.38. The summed E-state index contributed by atoms with van der Waals surface area (Å²) in [5.74, 6) is 2.79. The van der Waals surface area contributed by atoms with Crippen LogP contribution in [0, 0.1) is 6.92 Å². The molecule has 3 aromatic rings. The number of nitrogens with zero attached hydrogens (tertiary/aromatic N) is 4. The lowest BCUT2D eigenvalue weighted by atomic mass is 9.90. The highest BCUT2D eigenvalue weighted by Crippen LogP contribution is 2.48. The molecule has 3 heterocycles. The highest BCUT2D eigenvalue weighted by Gasteiger charge is 2.40. The fourth-order valence-corrected chi connectivity index (χ4v) is 4.42. The molecule has 0 radical (unpaired) electrons. The van der Waals surface area contributed by atoms with E-state index < -0.39 is 0 Å². The molecule has 29 heavy (non-hydrogen) atoms. The van der Waals surface area contributed by atoms with Crippen molar-refractivity contribution in [1.29, 1.82) is 0 Å². The largest absolute Gasteiger partial charge is 0.492 e. The number of nitrogens with one attached hydrogen (secondary N) is 1. The van der Waals surface area contributed by atoms with Crippen LogP contribution in [0.3, 0.4) is 0 Å². The predicted molar refractivity (Wildman–Crippen MR) is 105 cm³/mol. The van der Waals surface area contributed by atoms with Gasteiger partial charge in [0, 0.05) is 11.4 Å². The number of likely N-dealkylation sites (N-methyl/N-ethyl adjacent to an activating group) is 1. The maximum atomic E-state index is 6.35. The summed E-state index contributed by atoms with van der Waals surface area (Å²) in [6.07, 6.45) is 0.905. The second kappa shape index (κ2) is 6.89. The van der Waals surface area contributed by atoms with Gasteiger partial charge in [-0.3, -0.25) is 0 Å². The van der Waals surface area contributed by atoms with Crippen molar-refractivity contribution in [2.45, 2.75) is 19.4 Å². The van der Waals surface area contributed by atoms with Gasteiger partial charge in [-0.05, 0) is 46.7 Å². The molecule has 1 N–H and O–H groups in total. The molecule has 0 saturated heterocycles. The van der Waals surface area contributed by atoms with Crippen LogP contribution in [-0.2, 0) is 6.42 Å². The standard InChI is InChI=1S/C20H20ClN5O3/c1-11-13(21)5-4-6-14(11)26-20(22-23-24-26)17-16-12(7-8-25(17)2)9-15-18(19(16)27-3)29-10-28-15/h4-6,9,17H,7-8,10H2,1-3H3/p+1/t17-/m1/s1. The zero-order valence-electron chi connectivity index (χ0n) is 16.4. The van der Waals surface area contributed by atoms with Gasteiger partial charge in [0.15, 0.2) is 17.5 Å². The van der Waals surface area contributed by atoms with E-state index in [1.807, 2.05) is 25.1 Å². The van der Waals surface area contributed by atoms with E-state index in [0.29, 0.717) is 16.5 Å². The SMILES string of the molecule is COc1c2c(cc3c1[C@H](c1nnnn1-c1cccc(Cl)c1C)[NH+](C)CC3)OCO2. The van der Waals surface area contributed by atoms with Gasteiger partial charge in [-0.2, -0.15) is 4.68 Å². The maximum absolute atomic E-state index is 6.35. The molecule has 0 bridgehead atoms. The Hall–Kier alpha value is -2.84. The minimum absolute atomic E-state index is 0.128. The van der Waals surface area contributed by atoms with E-state index in [1.165, 1.54) is 10.5 Å². The monoisotopic (exact) mass is 414 g/mol. The molecule has 2 aliphatic rings. The van der Waals surface area contributed by atoms with E-state index in [4.69, 9.17) is 25.8 Å². The van der Waals surface area contributed by atoms with Crippen LogP contribution in [0.25, 0.3) is 5.69 Å². The Balaban J connectivity index is 1.72. The second-order valence-electron chi connectivity index (χ2n) is 7.33. The van der Waals surface area contributed by atoms with Crippen LogP contribution >= 0.6 is 11.6 Å². The molecule has 0 spiro atoms. The van der Waals surface area contributed by atoms with Gasteiger partial charge in [0.1, 0.15) is 0 Å². The van der Waals surface area contributed by atoms with E-state index in [9.17, 15) is 0 Å². The van der Waals surface area contributed by atoms with E-state index >= 15 is 0 Å². The van der Waals surface area contributed by atoms with Crippen LogP contribution in [0.5, 0.6) is 17.2 Å². The lowest BCUT2D eigenvalue weighted by Crippen LogP contribution is -3.10. The molecule has 2 aromatic carbocycles. The van der Waals surface area contributed by atoms with Gasteiger partial charge < -0.3 is 19.1 Å². The molecular formula is C20H21ClN5O3+. The average molecular weight is 415 g/mol. The number of fused-ring (bicyclic) bond motifs is 2. The normalized spacial score (nSPS) is 19.9. The minimum Gasteiger partial charge on any atom is -0.492 e. The Labute approximate surface area is 172 Å². The molecule has 1 aromatic heterocycles. The van der Waals surface area contributed by atoms with Crippen molar-refractivity contribution in [1.82, 2.24) is 20.2 Å². The van der Waals surface area contributed by atoms with Crippen molar-refractivity contribution in [2.24, 2.45) is 0 Å². The van der Waals surface area contributed by atoms with Gasteiger partial charge in [0.25, 0.3) is 0 Å². The lowest BCUT2D eigenvalue weighted by molar-refractivity contribution is -0.909. The smallest absolute Gasteiger partial charge is 0.231 e. The van der Waals surface area contributed by atoms with E-state index in [-0.39, 0.29) is 12.8 Å². The summed E-state index contributed by atoms with van der Waals surface area (Å²) in [5.41, 5.74) is 3.99. The first-order chi connectivity index (χ1) is 14.1. The van der Waals surface area contributed by atoms with Gasteiger partial charge in [0.05, 0.1) is 32.0 Å². The summed E-state index contributed by atoms with van der Waals surface area (Å²) >= 11 is 6.35. The summed E-state index contributed by atoms with van der Waals surface area (Å²) in [7, 11) is 3.80. The summed E-state index contributed by atoms with van der Waals surface area (Å²) in [6, 6.07) is 7.66. The number of quaternary nitrogens is 1. The number of aromatic nitrogens is 4. The van der Waals surface area contributed by atoms with Crippen LogP contribution in [0.15, 0.2) is 24.3 Å². The van der Waals surface area contributed by atoms with Crippen molar-refractivity contribution in [3.63, 3.8) is 0 Å². The number of methoxy groups -OCH3 is 1. The van der Waals surface area contributed by atoms with Crippen LogP contribution in [0.4, 0.5) is 0 Å². The van der Waals surface area contributed by atoms with Gasteiger partial charge in [0.2, 0.25) is 18.4 Å². The summed E-state index contributed by atoms with van der Waals surface area (Å²) in [5, 5.41) is 13.4. The van der Waals surface area contributed by atoms with Crippen molar-refractivity contribution in [2.75, 3.05) is 27.5 Å². The maximum Gasteiger partial charge on any atom is 0.231 e. The highest BCUT2D eigenvalue weighted by atomic mass is 35.5. The molecule has 5 rings (SSSR count). The Bertz CT molecular complexity index is 1100. The van der Waals surface area contributed by atoms with Crippen molar-refractivity contribution in [3.05, 3.63) is 51.8 Å². The quantitative estimate of drug-likeness (QED) is 0.700. The van der Waals surface area contributed by atoms with Crippen molar-refractivity contribution >= 4 is 11.6 Å². The number of rotatable bonds is 3. The zero-order valence-corrected chi connectivity index (χ0v) is 17.2. The van der Waals surface area contributed by atoms with Gasteiger partial charge >= 0.3 is 0 Å². The highest BCUT2D eigenvalue weighted by molar-refractivity contribution is 6.31. The van der Waals surface area contributed by atoms with Crippen LogP contribution in [0.1, 0.15) is 28.6 Å². The Morgan fingerprint density at radius 1 is 1.31 bits per heavy atom. The molecule has 150 valence electrons. The third-order valence-corrected chi connectivity index (χ3v) is 6.15. The van der Waals surface area contributed by atoms with E-state index in [2.05, 4.69) is 28.6 Å². The Morgan fingerprint density at radius 3 is 3.00 bits per heavy atom. The third-order valence-electron chi connectivity index (χ3n) is 5.74. The fourth-order valence-electron chi connectivity index (χ4n) is 4.25. The van der Waals surface area contributed by atoms with E-state index in [0.717, 1.165) is 41.4 Å².